The highest BCUT2D eigenvalue weighted by molar-refractivity contribution is 5.99. The van der Waals surface area contributed by atoms with Gasteiger partial charge in [0.25, 0.3) is 0 Å². The number of aryl methyl sites for hydroxylation is 1. The van der Waals surface area contributed by atoms with E-state index in [0.29, 0.717) is 48.9 Å². The van der Waals surface area contributed by atoms with Crippen molar-refractivity contribution in [1.82, 2.24) is 10.2 Å². The molecule has 0 heterocycles. The number of para-hydroxylation sites is 2. The Hall–Kier alpha value is -4.45. The zero-order valence-corrected chi connectivity index (χ0v) is 23.8. The van der Waals surface area contributed by atoms with Crippen molar-refractivity contribution < 1.29 is 23.9 Å². The number of hydrogen-bond donors (Lipinski definition) is 5. The summed E-state index contributed by atoms with van der Waals surface area (Å²) in [5.74, 6) is 0.169. The number of carbonyl (C=O) groups excluding carboxylic acids is 3. The van der Waals surface area contributed by atoms with Crippen LogP contribution in [0.4, 0.5) is 5.69 Å². The smallest absolute Gasteiger partial charge is 0.247 e. The third-order valence-electron chi connectivity index (χ3n) is 6.49. The monoisotopic (exact) mass is 576 g/mol. The Morgan fingerprint density at radius 3 is 2.21 bits per heavy atom. The first-order chi connectivity index (χ1) is 20.3. The van der Waals surface area contributed by atoms with Crippen molar-refractivity contribution in [1.29, 1.82) is 0 Å². The number of rotatable bonds is 16. The lowest BCUT2D eigenvalue weighted by molar-refractivity contribution is -0.134. The molecule has 11 nitrogen and oxygen atoms in total. The molecule has 0 aliphatic heterocycles. The molecule has 0 spiro atoms. The largest absolute Gasteiger partial charge is 0.497 e. The molecular formula is C31H40N6O5. The van der Waals surface area contributed by atoms with E-state index < -0.39 is 23.9 Å². The molecule has 0 fully saturated rings. The molecule has 3 amide bonds. The van der Waals surface area contributed by atoms with Crippen LogP contribution in [0.25, 0.3) is 0 Å². The van der Waals surface area contributed by atoms with E-state index in [9.17, 15) is 14.4 Å². The van der Waals surface area contributed by atoms with Gasteiger partial charge in [-0.1, -0.05) is 48.5 Å². The molecule has 0 aliphatic carbocycles. The fourth-order valence-electron chi connectivity index (χ4n) is 4.26. The Morgan fingerprint density at radius 2 is 1.52 bits per heavy atom. The van der Waals surface area contributed by atoms with Gasteiger partial charge in [0, 0.05) is 32.2 Å². The van der Waals surface area contributed by atoms with Gasteiger partial charge >= 0.3 is 0 Å². The molecular weight excluding hydrogens is 536 g/mol. The van der Waals surface area contributed by atoms with Crippen LogP contribution in [0, 0.1) is 0 Å². The number of ether oxygens (including phenoxy) is 2. The van der Waals surface area contributed by atoms with E-state index >= 15 is 0 Å². The third kappa shape index (κ3) is 9.88. The highest BCUT2D eigenvalue weighted by Gasteiger charge is 2.27. The van der Waals surface area contributed by atoms with Gasteiger partial charge in [-0.3, -0.25) is 14.4 Å². The summed E-state index contributed by atoms with van der Waals surface area (Å²) in [5.41, 5.74) is 18.7. The Morgan fingerprint density at radius 1 is 0.857 bits per heavy atom. The summed E-state index contributed by atoms with van der Waals surface area (Å²) in [6.07, 6.45) is 0.583. The molecule has 42 heavy (non-hydrogen) atoms. The lowest BCUT2D eigenvalue weighted by atomic mass is 10.0. The summed E-state index contributed by atoms with van der Waals surface area (Å²) in [5, 5.41) is 5.62. The molecule has 0 aromatic heterocycles. The maximum Gasteiger partial charge on any atom is 0.247 e. The fraction of sp³-hybridized carbons (Fsp3) is 0.323. The van der Waals surface area contributed by atoms with Gasteiger partial charge in [-0.2, -0.15) is 0 Å². The predicted molar refractivity (Wildman–Crippen MR) is 162 cm³/mol. The SMILES string of the molecule is COc1cccc(Oc2ccccc2NC(=O)C(CCc2ccccc2)NC(=O)C(N)CC(=O)N(CCN)CCN)c1. The molecule has 3 rings (SSSR count). The Balaban J connectivity index is 1.74. The summed E-state index contributed by atoms with van der Waals surface area (Å²) in [4.78, 5) is 40.8. The van der Waals surface area contributed by atoms with Crippen LogP contribution in [0.5, 0.6) is 17.2 Å². The lowest BCUT2D eigenvalue weighted by Crippen LogP contribution is -2.52. The highest BCUT2D eigenvalue weighted by atomic mass is 16.5. The van der Waals surface area contributed by atoms with Gasteiger partial charge < -0.3 is 42.2 Å². The van der Waals surface area contributed by atoms with Crippen LogP contribution in [0.15, 0.2) is 78.9 Å². The fourth-order valence-corrected chi connectivity index (χ4v) is 4.26. The van der Waals surface area contributed by atoms with Crippen molar-refractivity contribution in [3.63, 3.8) is 0 Å². The van der Waals surface area contributed by atoms with Crippen LogP contribution in [0.1, 0.15) is 18.4 Å². The van der Waals surface area contributed by atoms with Gasteiger partial charge in [-0.25, -0.2) is 0 Å². The first-order valence-corrected chi connectivity index (χ1v) is 13.8. The maximum absolute atomic E-state index is 13.6. The topological polar surface area (TPSA) is 175 Å². The number of anilines is 1. The van der Waals surface area contributed by atoms with Crippen LogP contribution in [-0.2, 0) is 20.8 Å². The number of nitrogens with zero attached hydrogens (tertiary/aromatic N) is 1. The van der Waals surface area contributed by atoms with Gasteiger partial charge in [0.2, 0.25) is 17.7 Å². The average molecular weight is 577 g/mol. The zero-order chi connectivity index (χ0) is 30.3. The second-order valence-electron chi connectivity index (χ2n) is 9.62. The molecule has 0 radical (unpaired) electrons. The first-order valence-electron chi connectivity index (χ1n) is 13.8. The summed E-state index contributed by atoms with van der Waals surface area (Å²) in [7, 11) is 1.56. The zero-order valence-electron chi connectivity index (χ0n) is 23.8. The molecule has 0 saturated heterocycles. The summed E-state index contributed by atoms with van der Waals surface area (Å²) in [6.45, 7) is 1.14. The number of carbonyl (C=O) groups is 3. The summed E-state index contributed by atoms with van der Waals surface area (Å²) < 4.78 is 11.3. The van der Waals surface area contributed by atoms with E-state index in [0.717, 1.165) is 5.56 Å². The quantitative estimate of drug-likeness (QED) is 0.172. The van der Waals surface area contributed by atoms with E-state index in [1.165, 1.54) is 4.90 Å². The molecule has 8 N–H and O–H groups in total. The van der Waals surface area contributed by atoms with Crippen molar-refractivity contribution in [2.75, 3.05) is 38.6 Å². The number of nitrogens with two attached hydrogens (primary N) is 3. The molecule has 0 saturated carbocycles. The standard InChI is InChI=1S/C31H40N6O5/c1-41-23-10-7-11-24(20-23)42-28-13-6-5-12-26(28)35-31(40)27(15-14-22-8-3-2-4-9-22)36-30(39)25(34)21-29(38)37(18-16-32)19-17-33/h2-13,20,25,27H,14-19,21,32-34H2,1H3,(H,35,40)(H,36,39). The van der Waals surface area contributed by atoms with E-state index in [1.54, 1.807) is 55.6 Å². The van der Waals surface area contributed by atoms with Gasteiger partial charge in [-0.05, 0) is 42.7 Å². The van der Waals surface area contributed by atoms with Gasteiger partial charge in [0.15, 0.2) is 5.75 Å². The molecule has 2 unspecified atom stereocenters. The van der Waals surface area contributed by atoms with Crippen molar-refractivity contribution in [3.8, 4) is 17.2 Å². The molecule has 3 aromatic rings. The number of amides is 3. The van der Waals surface area contributed by atoms with Gasteiger partial charge in [-0.15, -0.1) is 0 Å². The van der Waals surface area contributed by atoms with Gasteiger partial charge in [0.1, 0.15) is 17.5 Å². The highest BCUT2D eigenvalue weighted by Crippen LogP contribution is 2.31. The maximum atomic E-state index is 13.6. The molecule has 11 heteroatoms. The molecule has 224 valence electrons. The third-order valence-corrected chi connectivity index (χ3v) is 6.49. The second kappa shape index (κ2) is 16.7. The van der Waals surface area contributed by atoms with E-state index in [1.807, 2.05) is 30.3 Å². The van der Waals surface area contributed by atoms with Crippen LogP contribution < -0.4 is 37.3 Å². The number of benzene rings is 3. The van der Waals surface area contributed by atoms with Crippen LogP contribution in [-0.4, -0.2) is 68.0 Å². The normalized spacial score (nSPS) is 12.1. The molecule has 3 aromatic carbocycles. The molecule has 0 aliphatic rings. The minimum Gasteiger partial charge on any atom is -0.497 e. The minimum atomic E-state index is -1.16. The lowest BCUT2D eigenvalue weighted by Gasteiger charge is -2.24. The second-order valence-corrected chi connectivity index (χ2v) is 9.62. The van der Waals surface area contributed by atoms with Crippen molar-refractivity contribution in [2.45, 2.75) is 31.3 Å². The van der Waals surface area contributed by atoms with Crippen LogP contribution in [0.3, 0.4) is 0 Å². The predicted octanol–water partition coefficient (Wildman–Crippen LogP) is 2.01. The van der Waals surface area contributed by atoms with Crippen LogP contribution >= 0.6 is 0 Å². The van der Waals surface area contributed by atoms with E-state index in [4.69, 9.17) is 26.7 Å². The Labute approximate surface area is 246 Å². The average Bonchev–Trinajstić information content (AvgIpc) is 3.00. The Kier molecular flexibility index (Phi) is 12.8. The van der Waals surface area contributed by atoms with Crippen LogP contribution in [0.2, 0.25) is 0 Å². The van der Waals surface area contributed by atoms with Crippen molar-refractivity contribution in [3.05, 3.63) is 84.4 Å². The van der Waals surface area contributed by atoms with E-state index in [2.05, 4.69) is 10.6 Å². The summed E-state index contributed by atoms with van der Waals surface area (Å²) in [6, 6.07) is 21.6. The van der Waals surface area contributed by atoms with E-state index in [-0.39, 0.29) is 25.4 Å². The van der Waals surface area contributed by atoms with Crippen molar-refractivity contribution >= 4 is 23.4 Å². The summed E-state index contributed by atoms with van der Waals surface area (Å²) >= 11 is 0. The number of methoxy groups -OCH3 is 1. The first kappa shape index (κ1) is 32.1. The minimum absolute atomic E-state index is 0.240. The Bertz CT molecular complexity index is 1300. The van der Waals surface area contributed by atoms with Crippen molar-refractivity contribution in [2.24, 2.45) is 17.2 Å². The molecule has 2 atom stereocenters. The number of hydrogen-bond acceptors (Lipinski definition) is 8. The van der Waals surface area contributed by atoms with Gasteiger partial charge in [0.05, 0.1) is 25.3 Å². The molecule has 0 bridgehead atoms. The number of nitrogens with one attached hydrogen (secondary N) is 2.